The van der Waals surface area contributed by atoms with Gasteiger partial charge in [-0.05, 0) is 6.07 Å². The first kappa shape index (κ1) is 15.9. The molecule has 0 spiro atoms. The molecule has 1 N–H and O–H groups in total. The van der Waals surface area contributed by atoms with Gasteiger partial charge in [-0.2, -0.15) is 5.10 Å². The van der Waals surface area contributed by atoms with Gasteiger partial charge in [-0.15, -0.1) is 0 Å². The van der Waals surface area contributed by atoms with Crippen LogP contribution in [0.2, 0.25) is 5.02 Å². The third-order valence-electron chi connectivity index (χ3n) is 3.86. The minimum Gasteiger partial charge on any atom is -0.489 e. The number of aryl methyl sites for hydroxylation is 1. The van der Waals surface area contributed by atoms with E-state index in [0.717, 1.165) is 11.3 Å². The van der Waals surface area contributed by atoms with E-state index in [1.165, 1.54) is 0 Å². The number of benzene rings is 1. The van der Waals surface area contributed by atoms with Crippen molar-refractivity contribution in [3.05, 3.63) is 46.2 Å². The van der Waals surface area contributed by atoms with E-state index in [-0.39, 0.29) is 17.4 Å². The molecule has 0 aliphatic carbocycles. The van der Waals surface area contributed by atoms with Crippen LogP contribution in [-0.4, -0.2) is 22.3 Å². The SMILES string of the molecule is Cn1cc(C(=O)N[C@H]2COc3c(Cl)cccc32)c(C(C)(C)C)n1. The average molecular weight is 334 g/mol. The number of para-hydroxylation sites is 1. The number of aromatic nitrogens is 2. The summed E-state index contributed by atoms with van der Waals surface area (Å²) in [6.07, 6.45) is 1.75. The third kappa shape index (κ3) is 2.93. The van der Waals surface area contributed by atoms with Crippen molar-refractivity contribution >= 4 is 17.5 Å². The number of ether oxygens (including phenoxy) is 1. The zero-order valence-electron chi connectivity index (χ0n) is 13.7. The second-order valence-corrected chi connectivity index (χ2v) is 7.22. The lowest BCUT2D eigenvalue weighted by molar-refractivity contribution is 0.0928. The van der Waals surface area contributed by atoms with Crippen molar-refractivity contribution in [1.82, 2.24) is 15.1 Å². The monoisotopic (exact) mass is 333 g/mol. The molecule has 5 nitrogen and oxygen atoms in total. The van der Waals surface area contributed by atoms with Crippen LogP contribution in [0.4, 0.5) is 0 Å². The van der Waals surface area contributed by atoms with Gasteiger partial charge in [0.25, 0.3) is 5.91 Å². The maximum absolute atomic E-state index is 12.7. The molecule has 1 amide bonds. The summed E-state index contributed by atoms with van der Waals surface area (Å²) in [7, 11) is 1.82. The smallest absolute Gasteiger partial charge is 0.255 e. The molecular weight excluding hydrogens is 314 g/mol. The van der Waals surface area contributed by atoms with Crippen LogP contribution in [0.1, 0.15) is 48.4 Å². The highest BCUT2D eigenvalue weighted by Crippen LogP contribution is 2.38. The number of rotatable bonds is 2. The molecule has 0 radical (unpaired) electrons. The summed E-state index contributed by atoms with van der Waals surface area (Å²) in [6, 6.07) is 5.36. The molecule has 1 aliphatic rings. The number of hydrogen-bond donors (Lipinski definition) is 1. The Balaban J connectivity index is 1.87. The zero-order valence-corrected chi connectivity index (χ0v) is 14.4. The zero-order chi connectivity index (χ0) is 16.8. The number of carbonyl (C=O) groups excluding carboxylic acids is 1. The Labute approximate surface area is 140 Å². The van der Waals surface area contributed by atoms with Crippen LogP contribution in [0.3, 0.4) is 0 Å². The Morgan fingerprint density at radius 1 is 1.43 bits per heavy atom. The van der Waals surface area contributed by atoms with E-state index in [9.17, 15) is 4.79 Å². The fourth-order valence-corrected chi connectivity index (χ4v) is 3.01. The highest BCUT2D eigenvalue weighted by atomic mass is 35.5. The Bertz CT molecular complexity index is 762. The van der Waals surface area contributed by atoms with Crippen molar-refractivity contribution in [2.75, 3.05) is 6.61 Å². The third-order valence-corrected chi connectivity index (χ3v) is 4.15. The minimum atomic E-state index is -0.207. The Hall–Kier alpha value is -2.01. The summed E-state index contributed by atoms with van der Waals surface area (Å²) < 4.78 is 7.29. The standard InChI is InChI=1S/C17H20ClN3O2/c1-17(2,3)15-11(8-21(4)20-15)16(22)19-13-9-23-14-10(13)6-5-7-12(14)18/h5-8,13H,9H2,1-4H3,(H,19,22)/t13-/m0/s1. The van der Waals surface area contributed by atoms with Crippen LogP contribution in [0.15, 0.2) is 24.4 Å². The largest absolute Gasteiger partial charge is 0.489 e. The lowest BCUT2D eigenvalue weighted by Gasteiger charge is -2.18. The highest BCUT2D eigenvalue weighted by molar-refractivity contribution is 6.32. The van der Waals surface area contributed by atoms with Gasteiger partial charge in [-0.25, -0.2) is 0 Å². The molecule has 2 heterocycles. The van der Waals surface area contributed by atoms with E-state index in [1.807, 2.05) is 40.0 Å². The molecular formula is C17H20ClN3O2. The molecule has 1 atom stereocenters. The van der Waals surface area contributed by atoms with Crippen LogP contribution in [0, 0.1) is 0 Å². The quantitative estimate of drug-likeness (QED) is 0.918. The lowest BCUT2D eigenvalue weighted by atomic mass is 9.89. The van der Waals surface area contributed by atoms with Gasteiger partial charge in [0.1, 0.15) is 12.4 Å². The van der Waals surface area contributed by atoms with Gasteiger partial charge in [0.15, 0.2) is 0 Å². The maximum Gasteiger partial charge on any atom is 0.255 e. The molecule has 0 fully saturated rings. The summed E-state index contributed by atoms with van der Waals surface area (Å²) in [6.45, 7) is 6.51. The Morgan fingerprint density at radius 2 is 2.17 bits per heavy atom. The fraction of sp³-hybridized carbons (Fsp3) is 0.412. The molecule has 1 aliphatic heterocycles. The number of carbonyl (C=O) groups is 1. The maximum atomic E-state index is 12.7. The van der Waals surface area contributed by atoms with Crippen LogP contribution < -0.4 is 10.1 Å². The predicted octanol–water partition coefficient (Wildman–Crippen LogP) is 3.23. The number of halogens is 1. The fourth-order valence-electron chi connectivity index (χ4n) is 2.77. The summed E-state index contributed by atoms with van der Waals surface area (Å²) in [5, 5.41) is 8.03. The summed E-state index contributed by atoms with van der Waals surface area (Å²) in [5.74, 6) is 0.506. The highest BCUT2D eigenvalue weighted by Gasteiger charge is 2.31. The molecule has 1 aromatic carbocycles. The molecule has 2 aromatic rings. The molecule has 122 valence electrons. The van der Waals surface area contributed by atoms with Gasteiger partial charge >= 0.3 is 0 Å². The van der Waals surface area contributed by atoms with E-state index < -0.39 is 0 Å². The van der Waals surface area contributed by atoms with Crippen molar-refractivity contribution in [2.45, 2.75) is 32.2 Å². The molecule has 0 saturated carbocycles. The molecule has 3 rings (SSSR count). The number of amides is 1. The molecule has 0 bridgehead atoms. The van der Waals surface area contributed by atoms with Crippen molar-refractivity contribution in [1.29, 1.82) is 0 Å². The first-order chi connectivity index (χ1) is 10.8. The molecule has 0 unspecified atom stereocenters. The van der Waals surface area contributed by atoms with Gasteiger partial charge in [-0.3, -0.25) is 9.48 Å². The first-order valence-corrected chi connectivity index (χ1v) is 7.91. The second kappa shape index (κ2) is 5.57. The number of fused-ring (bicyclic) bond motifs is 1. The van der Waals surface area contributed by atoms with Crippen molar-refractivity contribution in [2.24, 2.45) is 7.05 Å². The van der Waals surface area contributed by atoms with E-state index in [4.69, 9.17) is 16.3 Å². The number of nitrogens with zero attached hydrogens (tertiary/aromatic N) is 2. The number of hydrogen-bond acceptors (Lipinski definition) is 3. The van der Waals surface area contributed by atoms with Crippen LogP contribution in [0.5, 0.6) is 5.75 Å². The number of nitrogens with one attached hydrogen (secondary N) is 1. The minimum absolute atomic E-state index is 0.149. The topological polar surface area (TPSA) is 56.2 Å². The molecule has 1 aromatic heterocycles. The average Bonchev–Trinajstić information content (AvgIpc) is 3.04. The molecule has 0 saturated heterocycles. The first-order valence-electron chi connectivity index (χ1n) is 7.53. The van der Waals surface area contributed by atoms with Gasteiger partial charge < -0.3 is 10.1 Å². The summed E-state index contributed by atoms with van der Waals surface area (Å²) in [5.41, 5.74) is 2.08. The molecule has 23 heavy (non-hydrogen) atoms. The Morgan fingerprint density at radius 3 is 2.87 bits per heavy atom. The van der Waals surface area contributed by atoms with Crippen LogP contribution >= 0.6 is 11.6 Å². The summed E-state index contributed by atoms with van der Waals surface area (Å²) in [4.78, 5) is 12.7. The van der Waals surface area contributed by atoms with Gasteiger partial charge in [0.2, 0.25) is 0 Å². The van der Waals surface area contributed by atoms with Crippen molar-refractivity contribution < 1.29 is 9.53 Å². The molecule has 6 heteroatoms. The summed E-state index contributed by atoms with van der Waals surface area (Å²) >= 11 is 6.13. The van der Waals surface area contributed by atoms with Crippen molar-refractivity contribution in [3.8, 4) is 5.75 Å². The lowest BCUT2D eigenvalue weighted by Crippen LogP contribution is -2.31. The Kier molecular flexibility index (Phi) is 3.84. The van der Waals surface area contributed by atoms with Crippen LogP contribution in [-0.2, 0) is 12.5 Å². The predicted molar refractivity (Wildman–Crippen MR) is 89.1 cm³/mol. The van der Waals surface area contributed by atoms with Crippen LogP contribution in [0.25, 0.3) is 0 Å². The van der Waals surface area contributed by atoms with Gasteiger partial charge in [-0.1, -0.05) is 44.5 Å². The van der Waals surface area contributed by atoms with E-state index in [2.05, 4.69) is 10.4 Å². The second-order valence-electron chi connectivity index (χ2n) is 6.81. The van der Waals surface area contributed by atoms with Gasteiger partial charge in [0, 0.05) is 24.2 Å². The van der Waals surface area contributed by atoms with E-state index >= 15 is 0 Å². The van der Waals surface area contributed by atoms with E-state index in [1.54, 1.807) is 16.9 Å². The van der Waals surface area contributed by atoms with E-state index in [0.29, 0.717) is 22.9 Å². The van der Waals surface area contributed by atoms with Crippen molar-refractivity contribution in [3.63, 3.8) is 0 Å². The normalized spacial score (nSPS) is 16.8. The van der Waals surface area contributed by atoms with Gasteiger partial charge in [0.05, 0.1) is 22.3 Å².